The number of rotatable bonds is 5. The Labute approximate surface area is 151 Å². The first-order valence-electron chi connectivity index (χ1n) is 7.96. The van der Waals surface area contributed by atoms with Crippen molar-refractivity contribution >= 4 is 29.7 Å². The van der Waals surface area contributed by atoms with Crippen LogP contribution >= 0.6 is 11.6 Å². The Balaban J connectivity index is 2.02. The third kappa shape index (κ3) is 4.01. The lowest BCUT2D eigenvalue weighted by Crippen LogP contribution is -2.06. The average Bonchev–Trinajstić information content (AvgIpc) is 3.06. The van der Waals surface area contributed by atoms with E-state index in [0.717, 1.165) is 11.1 Å². The number of furan rings is 1. The van der Waals surface area contributed by atoms with Gasteiger partial charge in [-0.1, -0.05) is 60.1 Å². The van der Waals surface area contributed by atoms with Gasteiger partial charge < -0.3 is 9.15 Å². The summed E-state index contributed by atoms with van der Waals surface area (Å²) in [6.45, 7) is 2.07. The van der Waals surface area contributed by atoms with E-state index in [-0.39, 0.29) is 0 Å². The Morgan fingerprint density at radius 3 is 2.48 bits per heavy atom. The van der Waals surface area contributed by atoms with Crippen LogP contribution < -0.4 is 0 Å². The van der Waals surface area contributed by atoms with Crippen LogP contribution in [0, 0.1) is 0 Å². The molecule has 3 aromatic rings. The Hall–Kier alpha value is -2.78. The summed E-state index contributed by atoms with van der Waals surface area (Å²) >= 11 is 5.95. The Morgan fingerprint density at radius 1 is 1.08 bits per heavy atom. The van der Waals surface area contributed by atoms with Crippen molar-refractivity contribution in [2.75, 3.05) is 6.61 Å². The Kier molecular flexibility index (Phi) is 5.36. The molecule has 0 saturated carbocycles. The lowest BCUT2D eigenvalue weighted by Gasteiger charge is -2.04. The molecule has 4 heteroatoms. The number of benzene rings is 2. The number of ether oxygens (including phenoxy) is 1. The summed E-state index contributed by atoms with van der Waals surface area (Å²) in [6, 6.07) is 17.1. The predicted octanol–water partition coefficient (Wildman–Crippen LogP) is 5.95. The van der Waals surface area contributed by atoms with Crippen molar-refractivity contribution in [1.29, 1.82) is 0 Å². The number of hydrogen-bond donors (Lipinski definition) is 0. The van der Waals surface area contributed by atoms with E-state index in [9.17, 15) is 4.79 Å². The third-order valence-corrected chi connectivity index (χ3v) is 3.93. The van der Waals surface area contributed by atoms with Crippen LogP contribution in [0.4, 0.5) is 0 Å². The van der Waals surface area contributed by atoms with Gasteiger partial charge in [0.15, 0.2) is 0 Å². The minimum atomic E-state index is -0.408. The minimum absolute atomic E-state index is 0.298. The molecule has 0 radical (unpaired) electrons. The van der Waals surface area contributed by atoms with E-state index in [1.54, 1.807) is 31.4 Å². The van der Waals surface area contributed by atoms with Gasteiger partial charge in [-0.15, -0.1) is 0 Å². The van der Waals surface area contributed by atoms with Gasteiger partial charge in [0.25, 0.3) is 0 Å². The maximum atomic E-state index is 12.5. The first kappa shape index (κ1) is 17.1. The molecule has 1 aromatic heterocycles. The first-order valence-corrected chi connectivity index (χ1v) is 8.34. The monoisotopic (exact) mass is 352 g/mol. The predicted molar refractivity (Wildman–Crippen MR) is 100 cm³/mol. The van der Waals surface area contributed by atoms with Gasteiger partial charge in [0, 0.05) is 10.6 Å². The molecule has 3 rings (SSSR count). The van der Waals surface area contributed by atoms with Gasteiger partial charge in [-0.2, -0.15) is 0 Å². The smallest absolute Gasteiger partial charge is 0.342 e. The van der Waals surface area contributed by atoms with Crippen LogP contribution in [-0.4, -0.2) is 12.6 Å². The lowest BCUT2D eigenvalue weighted by molar-refractivity contribution is 0.0526. The molecular weight excluding hydrogens is 336 g/mol. The van der Waals surface area contributed by atoms with E-state index in [2.05, 4.69) is 0 Å². The highest BCUT2D eigenvalue weighted by Crippen LogP contribution is 2.31. The molecule has 2 aromatic carbocycles. The third-order valence-electron chi connectivity index (χ3n) is 3.68. The van der Waals surface area contributed by atoms with Gasteiger partial charge in [-0.05, 0) is 36.3 Å². The highest BCUT2D eigenvalue weighted by atomic mass is 35.5. The van der Waals surface area contributed by atoms with E-state index in [0.29, 0.717) is 28.5 Å². The van der Waals surface area contributed by atoms with Crippen LogP contribution in [0.15, 0.2) is 65.3 Å². The van der Waals surface area contributed by atoms with Crippen LogP contribution in [-0.2, 0) is 4.74 Å². The fraction of sp³-hybridized carbons (Fsp3) is 0.0952. The van der Waals surface area contributed by atoms with Crippen LogP contribution in [0.25, 0.3) is 23.3 Å². The maximum absolute atomic E-state index is 12.5. The van der Waals surface area contributed by atoms with Crippen molar-refractivity contribution in [1.82, 2.24) is 0 Å². The molecule has 3 nitrogen and oxygen atoms in total. The van der Waals surface area contributed by atoms with E-state index < -0.39 is 5.97 Å². The topological polar surface area (TPSA) is 39.4 Å². The zero-order chi connectivity index (χ0) is 17.6. The molecule has 0 atom stereocenters. The van der Waals surface area contributed by atoms with Crippen LogP contribution in [0.1, 0.15) is 28.6 Å². The zero-order valence-corrected chi connectivity index (χ0v) is 14.5. The molecule has 25 heavy (non-hydrogen) atoms. The quantitative estimate of drug-likeness (QED) is 0.533. The van der Waals surface area contributed by atoms with Gasteiger partial charge in [0.2, 0.25) is 0 Å². The van der Waals surface area contributed by atoms with Crippen LogP contribution in [0.2, 0.25) is 5.02 Å². The van der Waals surface area contributed by atoms with E-state index in [4.69, 9.17) is 20.8 Å². The molecule has 0 aliphatic rings. The standard InChI is InChI=1S/C21H17ClO3/c1-2-24-21(23)20-18(16-9-11-17(22)12-10-16)14-25-19(20)13-8-15-6-4-3-5-7-15/h3-14H,2H2,1H3/b13-8+. The van der Waals surface area contributed by atoms with Gasteiger partial charge in [0.05, 0.1) is 12.9 Å². The number of carbonyl (C=O) groups excluding carboxylic acids is 1. The number of hydrogen-bond acceptors (Lipinski definition) is 3. The highest BCUT2D eigenvalue weighted by molar-refractivity contribution is 6.30. The Morgan fingerprint density at radius 2 is 1.80 bits per heavy atom. The molecule has 0 aliphatic carbocycles. The summed E-state index contributed by atoms with van der Waals surface area (Å²) in [7, 11) is 0. The Bertz CT molecular complexity index is 877. The van der Waals surface area contributed by atoms with Crippen LogP contribution in [0.5, 0.6) is 0 Å². The van der Waals surface area contributed by atoms with Crippen molar-refractivity contribution in [3.8, 4) is 11.1 Å². The number of halogens is 1. The first-order chi connectivity index (χ1) is 12.2. The van der Waals surface area contributed by atoms with Crippen molar-refractivity contribution in [2.24, 2.45) is 0 Å². The van der Waals surface area contributed by atoms with Gasteiger partial charge in [0.1, 0.15) is 11.3 Å². The largest absolute Gasteiger partial charge is 0.463 e. The van der Waals surface area contributed by atoms with Crippen molar-refractivity contribution < 1.29 is 13.9 Å². The molecule has 0 bridgehead atoms. The molecule has 0 spiro atoms. The van der Waals surface area contributed by atoms with Gasteiger partial charge in [-0.25, -0.2) is 4.79 Å². The van der Waals surface area contributed by atoms with E-state index >= 15 is 0 Å². The average molecular weight is 353 g/mol. The van der Waals surface area contributed by atoms with Crippen molar-refractivity contribution in [3.05, 3.63) is 82.8 Å². The SMILES string of the molecule is CCOC(=O)c1c(-c2ccc(Cl)cc2)coc1/C=C/c1ccccc1. The lowest BCUT2D eigenvalue weighted by atomic mass is 10.0. The van der Waals surface area contributed by atoms with Gasteiger partial charge in [-0.3, -0.25) is 0 Å². The normalized spacial score (nSPS) is 11.0. The zero-order valence-electron chi connectivity index (χ0n) is 13.7. The van der Waals surface area contributed by atoms with E-state index in [1.165, 1.54) is 0 Å². The van der Waals surface area contributed by atoms with E-state index in [1.807, 2.05) is 48.5 Å². The fourth-order valence-electron chi connectivity index (χ4n) is 2.49. The molecule has 0 unspecified atom stereocenters. The van der Waals surface area contributed by atoms with Crippen molar-refractivity contribution in [3.63, 3.8) is 0 Å². The summed E-state index contributed by atoms with van der Waals surface area (Å²) in [4.78, 5) is 12.5. The molecule has 0 N–H and O–H groups in total. The molecule has 0 aliphatic heterocycles. The molecule has 0 amide bonds. The van der Waals surface area contributed by atoms with Gasteiger partial charge >= 0.3 is 5.97 Å². The summed E-state index contributed by atoms with van der Waals surface area (Å²) < 4.78 is 10.9. The second-order valence-corrected chi connectivity index (χ2v) is 5.80. The minimum Gasteiger partial charge on any atom is -0.463 e. The molecule has 1 heterocycles. The molecule has 0 saturated heterocycles. The fourth-order valence-corrected chi connectivity index (χ4v) is 2.61. The molecule has 0 fully saturated rings. The molecular formula is C21H17ClO3. The van der Waals surface area contributed by atoms with Crippen molar-refractivity contribution in [2.45, 2.75) is 6.92 Å². The molecule has 126 valence electrons. The summed E-state index contributed by atoms with van der Waals surface area (Å²) in [5, 5.41) is 0.633. The van der Waals surface area contributed by atoms with Crippen LogP contribution in [0.3, 0.4) is 0 Å². The maximum Gasteiger partial charge on any atom is 0.342 e. The highest BCUT2D eigenvalue weighted by Gasteiger charge is 2.21. The number of esters is 1. The summed E-state index contributed by atoms with van der Waals surface area (Å²) in [5.74, 6) is 0.0566. The second kappa shape index (κ2) is 7.86. The number of carbonyl (C=O) groups is 1. The second-order valence-electron chi connectivity index (χ2n) is 5.36. The summed E-state index contributed by atoms with van der Waals surface area (Å²) in [5.41, 5.74) is 2.96. The summed E-state index contributed by atoms with van der Waals surface area (Å²) in [6.07, 6.45) is 5.24.